The van der Waals surface area contributed by atoms with E-state index in [-0.39, 0.29) is 12.2 Å². The largest absolute Gasteiger partial charge is 0.481 e. The summed E-state index contributed by atoms with van der Waals surface area (Å²) in [6.07, 6.45) is -1.06. The van der Waals surface area contributed by atoms with Crippen molar-refractivity contribution >= 4 is 11.9 Å². The Hall–Kier alpha value is -2.11. The van der Waals surface area contributed by atoms with E-state index in [0.717, 1.165) is 0 Å². The number of aliphatic carboxylic acids is 1. The van der Waals surface area contributed by atoms with Crippen molar-refractivity contribution in [1.29, 1.82) is 0 Å². The molecule has 1 aromatic carbocycles. The topological polar surface area (TPSA) is 75.6 Å². The number of hydrogen-bond donors (Lipinski definition) is 2. The molecule has 20 heavy (non-hydrogen) atoms. The number of ether oxygens (including phenoxy) is 1. The van der Waals surface area contributed by atoms with Gasteiger partial charge in [-0.15, -0.1) is 0 Å². The summed E-state index contributed by atoms with van der Waals surface area (Å²) in [5, 5.41) is 11.3. The summed E-state index contributed by atoms with van der Waals surface area (Å²) in [6, 6.07) is 5.46. The zero-order valence-corrected chi connectivity index (χ0v) is 11.6. The van der Waals surface area contributed by atoms with Gasteiger partial charge in [-0.2, -0.15) is 0 Å². The quantitative estimate of drug-likeness (QED) is 0.837. The van der Waals surface area contributed by atoms with Crippen LogP contribution in [0.2, 0.25) is 0 Å². The molecule has 5 nitrogen and oxygen atoms in total. The van der Waals surface area contributed by atoms with Crippen LogP contribution >= 0.6 is 0 Å². The summed E-state index contributed by atoms with van der Waals surface area (Å²) in [4.78, 5) is 22.6. The number of hydrogen-bond acceptors (Lipinski definition) is 3. The number of rotatable bonds is 6. The van der Waals surface area contributed by atoms with E-state index in [2.05, 4.69) is 5.32 Å². The van der Waals surface area contributed by atoms with Gasteiger partial charge in [0.15, 0.2) is 6.10 Å². The summed E-state index contributed by atoms with van der Waals surface area (Å²) in [5.74, 6) is -1.68. The van der Waals surface area contributed by atoms with Crippen molar-refractivity contribution in [2.45, 2.75) is 38.8 Å². The van der Waals surface area contributed by atoms with E-state index in [1.807, 2.05) is 0 Å². The van der Waals surface area contributed by atoms with Crippen LogP contribution in [0.3, 0.4) is 0 Å². The molecule has 0 radical (unpaired) electrons. The Morgan fingerprint density at radius 3 is 2.65 bits per heavy atom. The van der Waals surface area contributed by atoms with Gasteiger partial charge in [0.05, 0.1) is 6.42 Å². The highest BCUT2D eigenvalue weighted by Crippen LogP contribution is 2.15. The molecule has 0 aliphatic carbocycles. The van der Waals surface area contributed by atoms with Crippen molar-refractivity contribution in [3.63, 3.8) is 0 Å². The summed E-state index contributed by atoms with van der Waals surface area (Å²) in [7, 11) is 0. The lowest BCUT2D eigenvalue weighted by atomic mass is 10.0. The Morgan fingerprint density at radius 2 is 2.10 bits per heavy atom. The third-order valence-electron chi connectivity index (χ3n) is 2.53. The number of carbonyl (C=O) groups is 2. The van der Waals surface area contributed by atoms with Gasteiger partial charge >= 0.3 is 5.97 Å². The maximum Gasteiger partial charge on any atom is 0.305 e. The van der Waals surface area contributed by atoms with Gasteiger partial charge in [0.1, 0.15) is 11.6 Å². The highest BCUT2D eigenvalue weighted by molar-refractivity contribution is 5.82. The number of halogens is 1. The summed E-state index contributed by atoms with van der Waals surface area (Å²) >= 11 is 0. The van der Waals surface area contributed by atoms with Crippen LogP contribution in [-0.2, 0) is 9.59 Å². The maximum atomic E-state index is 13.0. The van der Waals surface area contributed by atoms with Gasteiger partial charge in [0.25, 0.3) is 5.91 Å². The average Bonchev–Trinajstić information content (AvgIpc) is 2.26. The minimum atomic E-state index is -1.01. The fourth-order valence-electron chi connectivity index (χ4n) is 1.66. The van der Waals surface area contributed by atoms with Crippen molar-refractivity contribution in [3.05, 3.63) is 30.1 Å². The Labute approximate surface area is 116 Å². The molecular weight excluding hydrogens is 265 g/mol. The van der Waals surface area contributed by atoms with Gasteiger partial charge in [0, 0.05) is 11.6 Å². The van der Waals surface area contributed by atoms with E-state index in [0.29, 0.717) is 0 Å². The molecule has 1 unspecified atom stereocenters. The van der Waals surface area contributed by atoms with Crippen LogP contribution in [0.25, 0.3) is 0 Å². The molecule has 1 aromatic rings. The molecule has 0 fully saturated rings. The minimum absolute atomic E-state index is 0.203. The monoisotopic (exact) mass is 283 g/mol. The van der Waals surface area contributed by atoms with E-state index in [9.17, 15) is 14.0 Å². The first-order chi connectivity index (χ1) is 9.19. The van der Waals surface area contributed by atoms with Crippen LogP contribution < -0.4 is 10.1 Å². The van der Waals surface area contributed by atoms with Gasteiger partial charge < -0.3 is 15.2 Å². The van der Waals surface area contributed by atoms with E-state index in [4.69, 9.17) is 9.84 Å². The third-order valence-corrected chi connectivity index (χ3v) is 2.53. The molecule has 1 amide bonds. The normalized spacial score (nSPS) is 12.6. The standard InChI is InChI=1S/C14H18FNO4/c1-9(20-11-6-4-5-10(15)7-11)13(19)16-14(2,3)8-12(17)18/h4-7,9H,8H2,1-3H3,(H,16,19)(H,17,18). The molecular formula is C14H18FNO4. The number of carboxylic acids is 1. The first-order valence-corrected chi connectivity index (χ1v) is 6.16. The number of nitrogens with one attached hydrogen (secondary N) is 1. The summed E-state index contributed by atoms with van der Waals surface area (Å²) < 4.78 is 18.3. The molecule has 0 saturated carbocycles. The van der Waals surface area contributed by atoms with Crippen molar-refractivity contribution in [2.75, 3.05) is 0 Å². The zero-order chi connectivity index (χ0) is 15.3. The second kappa shape index (κ2) is 6.36. The Morgan fingerprint density at radius 1 is 1.45 bits per heavy atom. The highest BCUT2D eigenvalue weighted by atomic mass is 19.1. The van der Waals surface area contributed by atoms with Gasteiger partial charge in [-0.05, 0) is 32.9 Å². The lowest BCUT2D eigenvalue weighted by molar-refractivity contribution is -0.139. The minimum Gasteiger partial charge on any atom is -0.481 e. The van der Waals surface area contributed by atoms with Gasteiger partial charge in [-0.3, -0.25) is 9.59 Å². The molecule has 0 aromatic heterocycles. The van der Waals surface area contributed by atoms with Gasteiger partial charge in [-0.25, -0.2) is 4.39 Å². The van der Waals surface area contributed by atoms with Crippen LogP contribution in [-0.4, -0.2) is 28.6 Å². The molecule has 6 heteroatoms. The molecule has 1 rings (SSSR count). The van der Waals surface area contributed by atoms with Crippen molar-refractivity contribution < 1.29 is 23.8 Å². The van der Waals surface area contributed by atoms with Crippen LogP contribution in [0.15, 0.2) is 24.3 Å². The third kappa shape index (κ3) is 5.26. The first-order valence-electron chi connectivity index (χ1n) is 6.16. The van der Waals surface area contributed by atoms with Crippen LogP contribution in [0.5, 0.6) is 5.75 Å². The Bertz CT molecular complexity index is 502. The molecule has 0 spiro atoms. The Balaban J connectivity index is 2.61. The molecule has 0 bridgehead atoms. The van der Waals surface area contributed by atoms with E-state index in [1.165, 1.54) is 31.2 Å². The zero-order valence-electron chi connectivity index (χ0n) is 11.6. The predicted octanol–water partition coefficient (Wildman–Crippen LogP) is 1.96. The van der Waals surface area contributed by atoms with E-state index >= 15 is 0 Å². The fourth-order valence-corrected chi connectivity index (χ4v) is 1.66. The fraction of sp³-hybridized carbons (Fsp3) is 0.429. The van der Waals surface area contributed by atoms with E-state index < -0.39 is 29.3 Å². The average molecular weight is 283 g/mol. The van der Waals surface area contributed by atoms with Crippen LogP contribution in [0.4, 0.5) is 4.39 Å². The molecule has 0 heterocycles. The number of amides is 1. The van der Waals surface area contributed by atoms with Crippen molar-refractivity contribution in [2.24, 2.45) is 0 Å². The molecule has 110 valence electrons. The van der Waals surface area contributed by atoms with Gasteiger partial charge in [-0.1, -0.05) is 6.07 Å². The van der Waals surface area contributed by atoms with Crippen LogP contribution in [0.1, 0.15) is 27.2 Å². The number of carboxylic acid groups (broad SMARTS) is 1. The lowest BCUT2D eigenvalue weighted by Crippen LogP contribution is -2.49. The predicted molar refractivity (Wildman–Crippen MR) is 71.0 cm³/mol. The van der Waals surface area contributed by atoms with Crippen molar-refractivity contribution in [1.82, 2.24) is 5.32 Å². The molecule has 0 aliphatic rings. The highest BCUT2D eigenvalue weighted by Gasteiger charge is 2.26. The molecule has 0 aliphatic heterocycles. The second-order valence-corrected chi connectivity index (χ2v) is 5.16. The SMILES string of the molecule is CC(Oc1cccc(F)c1)C(=O)NC(C)(C)CC(=O)O. The Kier molecular flexibility index (Phi) is 5.07. The van der Waals surface area contributed by atoms with Gasteiger partial charge in [0.2, 0.25) is 0 Å². The second-order valence-electron chi connectivity index (χ2n) is 5.16. The van der Waals surface area contributed by atoms with Crippen molar-refractivity contribution in [3.8, 4) is 5.75 Å². The number of carbonyl (C=O) groups excluding carboxylic acids is 1. The maximum absolute atomic E-state index is 13.0. The molecule has 2 N–H and O–H groups in total. The number of benzene rings is 1. The lowest BCUT2D eigenvalue weighted by Gasteiger charge is -2.26. The molecule has 1 atom stereocenters. The molecule has 0 saturated heterocycles. The summed E-state index contributed by atoms with van der Waals surface area (Å²) in [5.41, 5.74) is -0.886. The smallest absolute Gasteiger partial charge is 0.305 e. The summed E-state index contributed by atoms with van der Waals surface area (Å²) in [6.45, 7) is 4.72. The first kappa shape index (κ1) is 15.9. The van der Waals surface area contributed by atoms with E-state index in [1.54, 1.807) is 13.8 Å². The van der Waals surface area contributed by atoms with Crippen LogP contribution in [0, 0.1) is 5.82 Å².